The van der Waals surface area contributed by atoms with Gasteiger partial charge in [-0.05, 0) is 54.1 Å². The van der Waals surface area contributed by atoms with Gasteiger partial charge in [-0.25, -0.2) is 8.78 Å². The monoisotopic (exact) mass is 452 g/mol. The molecule has 3 aromatic carbocycles. The number of carbonyl (C=O) groups is 2. The first-order valence-corrected chi connectivity index (χ1v) is 10.3. The zero-order valence-corrected chi connectivity index (χ0v) is 18.0. The van der Waals surface area contributed by atoms with Gasteiger partial charge in [-0.15, -0.1) is 0 Å². The summed E-state index contributed by atoms with van der Waals surface area (Å²) in [7, 11) is 3.09. The van der Waals surface area contributed by atoms with E-state index in [9.17, 15) is 18.4 Å². The van der Waals surface area contributed by atoms with E-state index in [0.717, 1.165) is 17.7 Å². The number of carbonyl (C=O) groups excluding carboxylic acids is 2. The largest absolute Gasteiger partial charge is 0.497 e. The minimum Gasteiger partial charge on any atom is -0.497 e. The van der Waals surface area contributed by atoms with Crippen molar-refractivity contribution in [3.05, 3.63) is 83.9 Å². The molecule has 4 rings (SSSR count). The topological polar surface area (TPSA) is 67.9 Å². The minimum absolute atomic E-state index is 0.0721. The van der Waals surface area contributed by atoms with Crippen molar-refractivity contribution < 1.29 is 27.8 Å². The van der Waals surface area contributed by atoms with Crippen LogP contribution in [0.4, 0.5) is 20.2 Å². The molecule has 1 saturated heterocycles. The van der Waals surface area contributed by atoms with E-state index in [0.29, 0.717) is 23.3 Å². The number of hydrogen-bond acceptors (Lipinski definition) is 4. The third kappa shape index (κ3) is 4.50. The molecule has 8 heteroatoms. The maximum absolute atomic E-state index is 14.1. The smallest absolute Gasteiger partial charge is 0.230 e. The highest BCUT2D eigenvalue weighted by molar-refractivity contribution is 6.04. The highest BCUT2D eigenvalue weighted by Gasteiger charge is 2.45. The Kier molecular flexibility index (Phi) is 6.26. The van der Waals surface area contributed by atoms with Crippen LogP contribution in [0.1, 0.15) is 18.0 Å². The fourth-order valence-electron chi connectivity index (χ4n) is 4.02. The van der Waals surface area contributed by atoms with Gasteiger partial charge in [0.1, 0.15) is 23.1 Å². The Hall–Kier alpha value is -3.94. The van der Waals surface area contributed by atoms with Crippen molar-refractivity contribution in [3.63, 3.8) is 0 Å². The SMILES string of the molecule is COc1ccc([C@@H]2[C@H](C(=O)Nc3ccc(F)cc3F)CC(=O)N2c2ccc(OC)cc2)cc1. The quantitative estimate of drug-likeness (QED) is 0.588. The fourth-order valence-corrected chi connectivity index (χ4v) is 4.02. The van der Waals surface area contributed by atoms with Crippen molar-refractivity contribution in [2.75, 3.05) is 24.4 Å². The lowest BCUT2D eigenvalue weighted by Crippen LogP contribution is -2.32. The molecular weight excluding hydrogens is 430 g/mol. The van der Waals surface area contributed by atoms with E-state index < -0.39 is 29.5 Å². The maximum Gasteiger partial charge on any atom is 0.230 e. The molecule has 0 aliphatic carbocycles. The van der Waals surface area contributed by atoms with Crippen LogP contribution in [0.2, 0.25) is 0 Å². The molecule has 170 valence electrons. The minimum atomic E-state index is -0.888. The van der Waals surface area contributed by atoms with Crippen molar-refractivity contribution in [1.82, 2.24) is 0 Å². The number of hydrogen-bond donors (Lipinski definition) is 1. The number of nitrogens with zero attached hydrogens (tertiary/aromatic N) is 1. The zero-order valence-electron chi connectivity index (χ0n) is 18.0. The van der Waals surface area contributed by atoms with Gasteiger partial charge in [0, 0.05) is 18.2 Å². The zero-order chi connectivity index (χ0) is 23.5. The molecule has 1 N–H and O–H groups in total. The van der Waals surface area contributed by atoms with Crippen molar-refractivity contribution in [3.8, 4) is 11.5 Å². The van der Waals surface area contributed by atoms with Crippen LogP contribution in [0.15, 0.2) is 66.7 Å². The molecule has 0 saturated carbocycles. The Morgan fingerprint density at radius 1 is 0.939 bits per heavy atom. The molecule has 1 fully saturated rings. The third-order valence-electron chi connectivity index (χ3n) is 5.66. The Morgan fingerprint density at radius 3 is 2.12 bits per heavy atom. The molecule has 0 radical (unpaired) electrons. The van der Waals surface area contributed by atoms with Gasteiger partial charge in [0.15, 0.2) is 0 Å². The molecule has 6 nitrogen and oxygen atoms in total. The average molecular weight is 452 g/mol. The lowest BCUT2D eigenvalue weighted by molar-refractivity contribution is -0.122. The molecule has 0 bridgehead atoms. The Morgan fingerprint density at radius 2 is 1.55 bits per heavy atom. The summed E-state index contributed by atoms with van der Waals surface area (Å²) < 4.78 is 37.8. The number of ether oxygens (including phenoxy) is 2. The summed E-state index contributed by atoms with van der Waals surface area (Å²) in [6.07, 6.45) is -0.0721. The van der Waals surface area contributed by atoms with Gasteiger partial charge >= 0.3 is 0 Å². The van der Waals surface area contributed by atoms with Crippen molar-refractivity contribution in [1.29, 1.82) is 0 Å². The van der Waals surface area contributed by atoms with E-state index in [1.807, 2.05) is 0 Å². The molecule has 1 aliphatic rings. The van der Waals surface area contributed by atoms with Crippen LogP contribution in [0, 0.1) is 17.6 Å². The Balaban J connectivity index is 1.71. The van der Waals surface area contributed by atoms with Crippen LogP contribution >= 0.6 is 0 Å². The van der Waals surface area contributed by atoms with Gasteiger partial charge < -0.3 is 19.7 Å². The first-order valence-electron chi connectivity index (χ1n) is 10.3. The first kappa shape index (κ1) is 22.3. The van der Waals surface area contributed by atoms with E-state index >= 15 is 0 Å². The molecule has 33 heavy (non-hydrogen) atoms. The summed E-state index contributed by atoms with van der Waals surface area (Å²) in [6.45, 7) is 0. The normalized spacial score (nSPS) is 17.7. The number of rotatable bonds is 6. The van der Waals surface area contributed by atoms with Crippen LogP contribution < -0.4 is 19.7 Å². The number of methoxy groups -OCH3 is 2. The Bertz CT molecular complexity index is 1170. The highest BCUT2D eigenvalue weighted by atomic mass is 19.1. The predicted octanol–water partition coefficient (Wildman–Crippen LogP) is 4.71. The second-order valence-electron chi connectivity index (χ2n) is 7.60. The van der Waals surface area contributed by atoms with E-state index in [4.69, 9.17) is 9.47 Å². The van der Waals surface area contributed by atoms with E-state index in [1.165, 1.54) is 0 Å². The van der Waals surface area contributed by atoms with Crippen molar-refractivity contribution >= 4 is 23.2 Å². The molecule has 2 amide bonds. The molecular formula is C25H22F2N2O4. The van der Waals surface area contributed by atoms with Crippen molar-refractivity contribution in [2.45, 2.75) is 12.5 Å². The van der Waals surface area contributed by atoms with E-state index in [1.54, 1.807) is 67.7 Å². The molecule has 0 unspecified atom stereocenters. The molecule has 0 spiro atoms. The van der Waals surface area contributed by atoms with Gasteiger partial charge in [0.25, 0.3) is 0 Å². The predicted molar refractivity (Wildman–Crippen MR) is 119 cm³/mol. The number of amides is 2. The lowest BCUT2D eigenvalue weighted by atomic mass is 9.92. The van der Waals surface area contributed by atoms with Crippen LogP contribution in [0.25, 0.3) is 0 Å². The number of benzene rings is 3. The van der Waals surface area contributed by atoms with Crippen LogP contribution in [-0.4, -0.2) is 26.0 Å². The second-order valence-corrected chi connectivity index (χ2v) is 7.60. The lowest BCUT2D eigenvalue weighted by Gasteiger charge is -2.28. The summed E-state index contributed by atoms with van der Waals surface area (Å²) in [4.78, 5) is 27.8. The van der Waals surface area contributed by atoms with Gasteiger partial charge in [-0.1, -0.05) is 12.1 Å². The van der Waals surface area contributed by atoms with Crippen LogP contribution in [0.5, 0.6) is 11.5 Å². The number of nitrogens with one attached hydrogen (secondary N) is 1. The van der Waals surface area contributed by atoms with E-state index in [2.05, 4.69) is 5.32 Å². The number of halogens is 2. The molecule has 2 atom stereocenters. The molecule has 1 heterocycles. The fraction of sp³-hybridized carbons (Fsp3) is 0.200. The Labute approximate surface area is 189 Å². The summed E-state index contributed by atoms with van der Waals surface area (Å²) in [5.74, 6) is -1.96. The summed E-state index contributed by atoms with van der Waals surface area (Å²) in [5, 5.41) is 2.51. The molecule has 3 aromatic rings. The second kappa shape index (κ2) is 9.28. The molecule has 0 aromatic heterocycles. The molecule has 1 aliphatic heterocycles. The average Bonchev–Trinajstić information content (AvgIpc) is 3.18. The van der Waals surface area contributed by atoms with Gasteiger partial charge in [0.2, 0.25) is 11.8 Å². The van der Waals surface area contributed by atoms with Gasteiger partial charge in [-0.2, -0.15) is 0 Å². The summed E-state index contributed by atoms with van der Waals surface area (Å²) >= 11 is 0. The standard InChI is InChI=1S/C25H22F2N2O4/c1-32-18-8-3-15(4-9-18)24-20(25(31)28-22-12-5-16(26)13-21(22)27)14-23(30)29(24)17-6-10-19(33-2)11-7-17/h3-13,20,24H,14H2,1-2H3,(H,28,31)/t20-,24-/m1/s1. The highest BCUT2D eigenvalue weighted by Crippen LogP contribution is 2.42. The van der Waals surface area contributed by atoms with E-state index in [-0.39, 0.29) is 18.0 Å². The summed E-state index contributed by atoms with van der Waals surface area (Å²) in [6, 6.07) is 16.3. The summed E-state index contributed by atoms with van der Waals surface area (Å²) in [5.41, 5.74) is 1.17. The number of anilines is 2. The van der Waals surface area contributed by atoms with Crippen molar-refractivity contribution in [2.24, 2.45) is 5.92 Å². The first-order chi connectivity index (χ1) is 15.9. The third-order valence-corrected chi connectivity index (χ3v) is 5.66. The van der Waals surface area contributed by atoms with Crippen LogP contribution in [0.3, 0.4) is 0 Å². The van der Waals surface area contributed by atoms with Gasteiger partial charge in [-0.3, -0.25) is 9.59 Å². The van der Waals surface area contributed by atoms with Gasteiger partial charge in [0.05, 0.1) is 31.9 Å². The van der Waals surface area contributed by atoms with Crippen LogP contribution in [-0.2, 0) is 9.59 Å². The maximum atomic E-state index is 14.1.